The monoisotopic (exact) mass is 350 g/mol. The van der Waals surface area contributed by atoms with Crippen molar-refractivity contribution in [1.29, 1.82) is 0 Å². The topological polar surface area (TPSA) is 44.8 Å². The summed E-state index contributed by atoms with van der Waals surface area (Å²) >= 11 is 0. The van der Waals surface area contributed by atoms with Crippen molar-refractivity contribution in [3.05, 3.63) is 35.4 Å². The van der Waals surface area contributed by atoms with Crippen molar-refractivity contribution >= 4 is 20.4 Å². The summed E-state index contributed by atoms with van der Waals surface area (Å²) in [6, 6.07) is 7.63. The molecule has 24 heavy (non-hydrogen) atoms. The number of carbonyl (C=O) groups is 1. The predicted molar refractivity (Wildman–Crippen MR) is 101 cm³/mol. The van der Waals surface area contributed by atoms with Gasteiger partial charge in [-0.1, -0.05) is 39.0 Å². The summed E-state index contributed by atoms with van der Waals surface area (Å²) in [6.07, 6.45) is 1.77. The van der Waals surface area contributed by atoms with E-state index < -0.39 is 8.32 Å². The van der Waals surface area contributed by atoms with Gasteiger partial charge >= 0.3 is 5.97 Å². The molecule has 0 aliphatic heterocycles. The molecule has 1 aromatic rings. The molecule has 0 amide bonds. The molecule has 0 aliphatic rings. The van der Waals surface area contributed by atoms with Crippen LogP contribution >= 0.6 is 0 Å². The highest BCUT2D eigenvalue weighted by atomic mass is 28.4. The van der Waals surface area contributed by atoms with Crippen LogP contribution in [0.1, 0.15) is 33.3 Å². The quantitative estimate of drug-likeness (QED) is 0.310. The van der Waals surface area contributed by atoms with Gasteiger partial charge in [-0.15, -0.1) is 0 Å². The van der Waals surface area contributed by atoms with Crippen molar-refractivity contribution in [3.63, 3.8) is 0 Å². The molecule has 134 valence electrons. The molecule has 0 atom stereocenters. The molecule has 0 bridgehead atoms. The van der Waals surface area contributed by atoms with Crippen LogP contribution in [0.5, 0.6) is 5.75 Å². The van der Waals surface area contributed by atoms with Gasteiger partial charge in [-0.05, 0) is 37.2 Å². The van der Waals surface area contributed by atoms with Crippen LogP contribution in [0.3, 0.4) is 0 Å². The fourth-order valence-corrected chi connectivity index (χ4v) is 2.88. The van der Waals surface area contributed by atoms with E-state index in [9.17, 15) is 4.79 Å². The first kappa shape index (κ1) is 20.5. The van der Waals surface area contributed by atoms with Crippen LogP contribution in [-0.2, 0) is 14.0 Å². The number of methoxy groups -OCH3 is 1. The molecule has 1 rings (SSSR count). The fraction of sp³-hybridized carbons (Fsp3) is 0.526. The van der Waals surface area contributed by atoms with E-state index in [1.807, 2.05) is 24.3 Å². The Bertz CT molecular complexity index is 585. The Balaban J connectivity index is 2.69. The summed E-state index contributed by atoms with van der Waals surface area (Å²) in [5.74, 6) is 0.394. The third kappa shape index (κ3) is 5.80. The number of hydrogen-bond donors (Lipinski definition) is 0. The van der Waals surface area contributed by atoms with E-state index in [1.54, 1.807) is 13.0 Å². The molecule has 0 spiro atoms. The maximum absolute atomic E-state index is 11.5. The zero-order valence-electron chi connectivity index (χ0n) is 15.9. The average molecular weight is 351 g/mol. The highest BCUT2D eigenvalue weighted by Crippen LogP contribution is 2.36. The first-order valence-corrected chi connectivity index (χ1v) is 11.1. The van der Waals surface area contributed by atoms with Gasteiger partial charge in [0.15, 0.2) is 8.32 Å². The van der Waals surface area contributed by atoms with E-state index in [1.165, 1.54) is 7.11 Å². The van der Waals surface area contributed by atoms with E-state index in [-0.39, 0.29) is 11.0 Å². The van der Waals surface area contributed by atoms with Crippen LogP contribution in [0.4, 0.5) is 0 Å². The fourth-order valence-electron chi connectivity index (χ4n) is 1.85. The lowest BCUT2D eigenvalue weighted by Crippen LogP contribution is -2.41. The molecule has 5 heteroatoms. The Morgan fingerprint density at radius 2 is 1.79 bits per heavy atom. The minimum atomic E-state index is -1.76. The third-order valence-electron chi connectivity index (χ3n) is 4.41. The summed E-state index contributed by atoms with van der Waals surface area (Å²) in [6.45, 7) is 13.9. The second kappa shape index (κ2) is 8.49. The number of ether oxygens (including phenoxy) is 2. The molecule has 0 N–H and O–H groups in total. The smallest absolute Gasteiger partial charge is 0.333 e. The maximum atomic E-state index is 11.5. The largest absolute Gasteiger partial charge is 0.491 e. The molecule has 0 saturated carbocycles. The van der Waals surface area contributed by atoms with Gasteiger partial charge in [0.2, 0.25) is 0 Å². The lowest BCUT2D eigenvalue weighted by Gasteiger charge is -2.36. The van der Waals surface area contributed by atoms with Crippen LogP contribution in [0.15, 0.2) is 29.8 Å². The van der Waals surface area contributed by atoms with E-state index in [2.05, 4.69) is 33.9 Å². The van der Waals surface area contributed by atoms with Crippen molar-refractivity contribution in [2.45, 2.75) is 45.8 Å². The molecule has 0 unspecified atom stereocenters. The predicted octanol–water partition coefficient (Wildman–Crippen LogP) is 4.66. The van der Waals surface area contributed by atoms with Crippen LogP contribution < -0.4 is 4.74 Å². The van der Waals surface area contributed by atoms with Crippen molar-refractivity contribution in [1.82, 2.24) is 0 Å². The average Bonchev–Trinajstić information content (AvgIpc) is 2.51. The zero-order valence-corrected chi connectivity index (χ0v) is 16.9. The van der Waals surface area contributed by atoms with Crippen LogP contribution in [0, 0.1) is 0 Å². The SMILES string of the molecule is COC(=O)/C(C)=C/c1ccccc1OCCO[Si](C)(C)C(C)(C)C. The standard InChI is InChI=1S/C19H30O4Si/c1-15(18(20)21-5)14-16-10-8-9-11-17(16)22-12-13-23-24(6,7)19(2,3)4/h8-11,14H,12-13H2,1-7H3/b15-14+. The van der Waals surface area contributed by atoms with Crippen LogP contribution in [0.2, 0.25) is 18.1 Å². The Morgan fingerprint density at radius 3 is 2.38 bits per heavy atom. The lowest BCUT2D eigenvalue weighted by molar-refractivity contribution is -0.135. The molecule has 4 nitrogen and oxygen atoms in total. The van der Waals surface area contributed by atoms with Crippen LogP contribution in [0.25, 0.3) is 6.08 Å². The van der Waals surface area contributed by atoms with E-state index in [0.717, 1.165) is 11.3 Å². The highest BCUT2D eigenvalue weighted by Gasteiger charge is 2.36. The van der Waals surface area contributed by atoms with E-state index >= 15 is 0 Å². The number of para-hydroxylation sites is 1. The molecule has 0 fully saturated rings. The number of hydrogen-bond acceptors (Lipinski definition) is 4. The minimum absolute atomic E-state index is 0.186. The van der Waals surface area contributed by atoms with Gasteiger partial charge in [0.05, 0.1) is 13.7 Å². The molecular weight excluding hydrogens is 320 g/mol. The first-order chi connectivity index (χ1) is 11.1. The molecular formula is C19H30O4Si. The van der Waals surface area contributed by atoms with Gasteiger partial charge in [0, 0.05) is 11.1 Å². The van der Waals surface area contributed by atoms with Gasteiger partial charge in [0.1, 0.15) is 12.4 Å². The zero-order chi connectivity index (χ0) is 18.4. The van der Waals surface area contributed by atoms with Crippen molar-refractivity contribution < 1.29 is 18.7 Å². The normalized spacial score (nSPS) is 12.9. The Labute approximate surface area is 146 Å². The Kier molecular flexibility index (Phi) is 7.23. The number of benzene rings is 1. The Morgan fingerprint density at radius 1 is 1.17 bits per heavy atom. The molecule has 0 saturated heterocycles. The molecule has 0 aromatic heterocycles. The first-order valence-electron chi connectivity index (χ1n) is 8.21. The summed E-state index contributed by atoms with van der Waals surface area (Å²) in [5.41, 5.74) is 1.39. The maximum Gasteiger partial charge on any atom is 0.333 e. The van der Waals surface area contributed by atoms with E-state index in [4.69, 9.17) is 13.9 Å². The second-order valence-electron chi connectivity index (χ2n) is 7.31. The number of carbonyl (C=O) groups excluding carboxylic acids is 1. The summed E-state index contributed by atoms with van der Waals surface area (Å²) in [4.78, 5) is 11.5. The van der Waals surface area contributed by atoms with Gasteiger partial charge in [-0.2, -0.15) is 0 Å². The Hall–Kier alpha value is -1.59. The third-order valence-corrected chi connectivity index (χ3v) is 8.95. The lowest BCUT2D eigenvalue weighted by atomic mass is 10.1. The number of esters is 1. The van der Waals surface area contributed by atoms with Crippen molar-refractivity contribution in [3.8, 4) is 5.75 Å². The summed E-state index contributed by atoms with van der Waals surface area (Å²) in [7, 11) is -0.381. The molecule has 0 radical (unpaired) electrons. The minimum Gasteiger partial charge on any atom is -0.491 e. The van der Waals surface area contributed by atoms with Gasteiger partial charge in [-0.25, -0.2) is 4.79 Å². The van der Waals surface area contributed by atoms with E-state index in [0.29, 0.717) is 18.8 Å². The van der Waals surface area contributed by atoms with Gasteiger partial charge in [-0.3, -0.25) is 0 Å². The number of rotatable bonds is 7. The second-order valence-corrected chi connectivity index (χ2v) is 12.1. The molecule has 0 aliphatic carbocycles. The van der Waals surface area contributed by atoms with Crippen molar-refractivity contribution in [2.24, 2.45) is 0 Å². The van der Waals surface area contributed by atoms with Crippen molar-refractivity contribution in [2.75, 3.05) is 20.3 Å². The highest BCUT2D eigenvalue weighted by molar-refractivity contribution is 6.74. The van der Waals surface area contributed by atoms with Gasteiger partial charge in [0.25, 0.3) is 0 Å². The summed E-state index contributed by atoms with van der Waals surface area (Å²) < 4.78 is 16.7. The summed E-state index contributed by atoms with van der Waals surface area (Å²) in [5, 5.41) is 0.186. The van der Waals surface area contributed by atoms with Crippen LogP contribution in [-0.4, -0.2) is 34.6 Å². The molecule has 0 heterocycles. The van der Waals surface area contributed by atoms with Gasteiger partial charge < -0.3 is 13.9 Å². The molecule has 1 aromatic carbocycles.